The Morgan fingerprint density at radius 2 is 0.280 bits per heavy atom. The van der Waals surface area contributed by atoms with Gasteiger partial charge in [-0.3, -0.25) is 34.9 Å². The molecule has 24 bridgehead atoms. The van der Waals surface area contributed by atoms with Crippen molar-refractivity contribution in [2.75, 3.05) is 106 Å². The zero-order valence-electron chi connectivity index (χ0n) is 75.4. The third kappa shape index (κ3) is 39.1. The molecule has 0 aliphatic carbocycles. The van der Waals surface area contributed by atoms with Crippen LogP contribution in [0.1, 0.15) is 134 Å². The molecule has 688 valence electrons. The van der Waals surface area contributed by atoms with Crippen molar-refractivity contribution in [2.24, 2.45) is 20.0 Å². The minimum atomic E-state index is 0.451. The summed E-state index contributed by atoms with van der Waals surface area (Å²) < 4.78 is 91.2. The van der Waals surface area contributed by atoms with E-state index in [1.807, 2.05) is 91.6 Å². The van der Waals surface area contributed by atoms with Gasteiger partial charge in [0.2, 0.25) is 0 Å². The van der Waals surface area contributed by atoms with Crippen LogP contribution < -0.4 is 0 Å². The Bertz CT molecular complexity index is 5050. The quantitative estimate of drug-likeness (QED) is 0.128. The number of benzene rings is 9. The topological polar surface area (TPSA) is 236 Å². The first-order valence-corrected chi connectivity index (χ1v) is 45.2. The van der Waals surface area contributed by atoms with Crippen LogP contribution in [0, 0.1) is 0 Å². The molecule has 0 unspecified atom stereocenters. The van der Waals surface area contributed by atoms with Gasteiger partial charge in [-0.05, 0) is 149 Å². The van der Waals surface area contributed by atoms with Crippen LogP contribution in [0.15, 0.2) is 293 Å². The van der Waals surface area contributed by atoms with Crippen molar-refractivity contribution in [3.8, 4) is 0 Å². The molecule has 0 N–H and O–H groups in total. The normalized spacial score (nSPS) is 16.6. The third-order valence-corrected chi connectivity index (χ3v) is 20.8. The Morgan fingerprint density at radius 1 is 0.136 bits per heavy atom. The summed E-state index contributed by atoms with van der Waals surface area (Å²) in [6.45, 7) is 19.6. The van der Waals surface area contributed by atoms with E-state index >= 15 is 0 Å². The predicted octanol–water partition coefficient (Wildman–Crippen LogP) is 18.5. The van der Waals surface area contributed by atoms with Gasteiger partial charge in [0.1, 0.15) is 0 Å². The van der Waals surface area contributed by atoms with Crippen molar-refractivity contribution in [1.82, 2.24) is 15.0 Å². The smallest absolute Gasteiger partial charge is 0.0892 e. The lowest BCUT2D eigenvalue weighted by Crippen LogP contribution is -2.10. The monoisotopic (exact) mass is 1780 g/mol. The van der Waals surface area contributed by atoms with Crippen molar-refractivity contribution >= 4 is 24.9 Å². The summed E-state index contributed by atoms with van der Waals surface area (Å²) in [5.74, 6) is 0. The molecule has 0 fully saturated rings. The summed E-state index contributed by atoms with van der Waals surface area (Å²) >= 11 is 0. The molecule has 0 atom stereocenters. The number of aromatic nitrogens is 3. The van der Waals surface area contributed by atoms with Crippen LogP contribution in [0.5, 0.6) is 0 Å². The summed E-state index contributed by atoms with van der Waals surface area (Å²) in [5, 5.41) is 0. The van der Waals surface area contributed by atoms with Gasteiger partial charge in [-0.15, -0.1) is 0 Å². The first kappa shape index (κ1) is 98.0. The standard InChI is InChI=1S/C31H29N3O2.C28H30N2O3.C27H31NO5.C23H31NO6/c1-3-28-15-29(4-1)19-33-17-25-9-13-27(14-10-25)21-36-23-31-6-2-5-30(34-31)22-35-20-26-11-7-24(8-12-26)16-32-18-28;1-2-27-16-28(3-1)20-30-18-24-6-10-26(11-7-24)22-33-15-13-31-12-14-32-21-25-8-4-23(5-9-25)17-29-19-27;1-2-26-20-32-18-24-8-4-22(5-9-24)16-30-14-12-29-13-15-31-17-23-6-10-25(11-7-23)19-33-21-27(3-1)28-26;1-2-22-18-29-14-10-25-8-12-27-16-20-4-6-21(7-5-20)17-28-13-9-26-11-15-30-19-23(3-1)24-22/h1-15,18-19H,16-17,20-23H2;1-11,16,19-20H,12-15,17-18,21-22H2;1-11H,12-21H2;1-7H,8-19H2. The van der Waals surface area contributed by atoms with Crippen LogP contribution in [-0.4, -0.2) is 146 Å². The van der Waals surface area contributed by atoms with Crippen molar-refractivity contribution in [1.29, 1.82) is 0 Å². The molecule has 14 aliphatic heterocycles. The number of pyridine rings is 3. The highest BCUT2D eigenvalue weighted by atomic mass is 16.6. The number of rotatable bonds is 0. The van der Waals surface area contributed by atoms with E-state index in [0.29, 0.717) is 238 Å². The van der Waals surface area contributed by atoms with E-state index in [9.17, 15) is 0 Å². The van der Waals surface area contributed by atoms with E-state index in [0.717, 1.165) is 123 Å². The van der Waals surface area contributed by atoms with E-state index in [-0.39, 0.29) is 0 Å². The Labute approximate surface area is 776 Å². The highest BCUT2D eigenvalue weighted by Crippen LogP contribution is 2.19. The molecule has 0 spiro atoms. The molecule has 0 saturated heterocycles. The average Bonchev–Trinajstić information content (AvgIpc) is 0.911. The van der Waals surface area contributed by atoms with Crippen LogP contribution >= 0.6 is 0 Å². The van der Waals surface area contributed by atoms with Gasteiger partial charge in [0.15, 0.2) is 0 Å². The van der Waals surface area contributed by atoms with Crippen LogP contribution in [-0.2, 0) is 208 Å². The highest BCUT2D eigenvalue weighted by Gasteiger charge is 2.11. The Morgan fingerprint density at radius 3 is 0.470 bits per heavy atom. The van der Waals surface area contributed by atoms with E-state index < -0.39 is 0 Å². The van der Waals surface area contributed by atoms with Crippen LogP contribution in [0.25, 0.3) is 0 Å². The molecule has 26 rings (SSSR count). The molecule has 3 aromatic heterocycles. The Hall–Kier alpha value is -11.5. The summed E-state index contributed by atoms with van der Waals surface area (Å²) in [7, 11) is 0. The Balaban J connectivity index is 0.000000150. The molecule has 9 aromatic carbocycles. The highest BCUT2D eigenvalue weighted by molar-refractivity contribution is 5.87. The first-order valence-electron chi connectivity index (χ1n) is 45.2. The van der Waals surface area contributed by atoms with Crippen molar-refractivity contribution in [3.05, 3.63) is 407 Å². The molecular formula is C109H121N7O16. The van der Waals surface area contributed by atoms with E-state index in [1.165, 1.54) is 11.1 Å². The van der Waals surface area contributed by atoms with E-state index in [2.05, 4.69) is 241 Å². The number of aliphatic imine (C=N–C) groups is 4. The third-order valence-electron chi connectivity index (χ3n) is 20.8. The summed E-state index contributed by atoms with van der Waals surface area (Å²) in [4.78, 5) is 32.3. The number of ether oxygens (including phenoxy) is 16. The van der Waals surface area contributed by atoms with Gasteiger partial charge in [-0.25, -0.2) is 0 Å². The Kier molecular flexibility index (Phi) is 43.9. The summed E-state index contributed by atoms with van der Waals surface area (Å²) in [6, 6.07) is 92.6. The largest absolute Gasteiger partial charge is 0.377 e. The molecule has 17 heterocycles. The second kappa shape index (κ2) is 59.1. The number of hydrogen-bond donors (Lipinski definition) is 0. The predicted molar refractivity (Wildman–Crippen MR) is 510 cm³/mol. The minimum Gasteiger partial charge on any atom is -0.377 e. The fourth-order valence-electron chi connectivity index (χ4n) is 13.6. The lowest BCUT2D eigenvalue weighted by molar-refractivity contribution is 0.00550. The fraction of sp³-hybridized carbons (Fsp3) is 0.330. The lowest BCUT2D eigenvalue weighted by atomic mass is 10.1. The molecule has 12 aromatic rings. The van der Waals surface area contributed by atoms with E-state index in [1.54, 1.807) is 0 Å². The molecule has 0 saturated carbocycles. The van der Waals surface area contributed by atoms with Gasteiger partial charge >= 0.3 is 0 Å². The molecule has 23 nitrogen and oxygen atoms in total. The summed E-state index contributed by atoms with van der Waals surface area (Å²) in [5.41, 5.74) is 25.6. The number of fused-ring (bicyclic) bond motifs is 18. The number of nitrogens with zero attached hydrogens (tertiary/aromatic N) is 7. The molecule has 132 heavy (non-hydrogen) atoms. The van der Waals surface area contributed by atoms with Gasteiger partial charge in [0.25, 0.3) is 0 Å². The molecule has 0 amide bonds. The molecular weight excluding hydrogens is 1660 g/mol. The van der Waals surface area contributed by atoms with Crippen molar-refractivity contribution in [3.63, 3.8) is 0 Å². The van der Waals surface area contributed by atoms with Crippen LogP contribution in [0.3, 0.4) is 0 Å². The maximum Gasteiger partial charge on any atom is 0.0892 e. The number of hydrogen-bond acceptors (Lipinski definition) is 23. The maximum absolute atomic E-state index is 5.91. The molecule has 14 aliphatic rings. The van der Waals surface area contributed by atoms with Crippen molar-refractivity contribution < 1.29 is 75.8 Å². The minimum absolute atomic E-state index is 0.451. The second-order valence-electron chi connectivity index (χ2n) is 31.6. The van der Waals surface area contributed by atoms with Gasteiger partial charge in [0.05, 0.1) is 272 Å². The van der Waals surface area contributed by atoms with Gasteiger partial charge in [0, 0.05) is 24.9 Å². The van der Waals surface area contributed by atoms with Crippen LogP contribution in [0.4, 0.5) is 0 Å². The van der Waals surface area contributed by atoms with Crippen LogP contribution in [0.2, 0.25) is 0 Å². The maximum atomic E-state index is 5.91. The SMILES string of the molecule is C1=NCc2ccc(cc2)COCCOCCOCc2ccc(cc2)CN=Cc2cccc1c2.C1=NCc2ccc(cc2)COCc2cccc(n2)COCc2ccc(cc2)CN=Cc2cccc1c2.c1cc2nc(c1)COCCOCCOCc1ccc(cc1)COCCOCCOC2.c1cc2nc(c1)COCc1ccc(cc1)COCCOCCOCc1ccc(cc1)COC2. The first-order chi connectivity index (χ1) is 65.4. The van der Waals surface area contributed by atoms with Crippen molar-refractivity contribution in [2.45, 2.75) is 132 Å². The second-order valence-corrected chi connectivity index (χ2v) is 31.6. The van der Waals surface area contributed by atoms with Gasteiger partial charge in [-0.2, -0.15) is 0 Å². The zero-order valence-corrected chi connectivity index (χ0v) is 75.4. The zero-order chi connectivity index (χ0) is 90.2. The molecule has 23 heteroatoms. The lowest BCUT2D eigenvalue weighted by Gasteiger charge is -2.10. The van der Waals surface area contributed by atoms with Gasteiger partial charge < -0.3 is 75.8 Å². The fourth-order valence-corrected chi connectivity index (χ4v) is 13.6. The van der Waals surface area contributed by atoms with Gasteiger partial charge in [-0.1, -0.05) is 224 Å². The summed E-state index contributed by atoms with van der Waals surface area (Å²) in [6.07, 6.45) is 7.67. The van der Waals surface area contributed by atoms with E-state index in [4.69, 9.17) is 75.8 Å². The molecule has 0 radical (unpaired) electrons. The average molecular weight is 1790 g/mol.